The van der Waals surface area contributed by atoms with E-state index in [0.29, 0.717) is 23.0 Å². The average molecular weight is 619 g/mol. The molecule has 5 aromatic carbocycles. The number of hydrogen-bond donors (Lipinski definition) is 2. The molecule has 0 bridgehead atoms. The van der Waals surface area contributed by atoms with Gasteiger partial charge in [-0.15, -0.1) is 23.5 Å². The van der Waals surface area contributed by atoms with E-state index in [2.05, 4.69) is 128 Å². The fourth-order valence-corrected chi connectivity index (χ4v) is 8.70. The van der Waals surface area contributed by atoms with Crippen LogP contribution in [-0.4, -0.2) is 10.2 Å². The van der Waals surface area contributed by atoms with Gasteiger partial charge in [0, 0.05) is 43.6 Å². The number of phenolic OH excluding ortho intramolecular Hbond substituents is 2. The van der Waals surface area contributed by atoms with Crippen LogP contribution in [0, 0.1) is 55.4 Å². The van der Waals surface area contributed by atoms with E-state index < -0.39 is 0 Å². The SMILES string of the molecule is Cc1cc(C)c(-c2cc(C)cc(CSc3ccccc3SCc3cc(C)cc(-c4c(C)cc(C)cc4C)c3O)c2O)c(C)c1. The van der Waals surface area contributed by atoms with E-state index in [9.17, 15) is 10.2 Å². The van der Waals surface area contributed by atoms with E-state index in [0.717, 1.165) is 44.5 Å². The van der Waals surface area contributed by atoms with Crippen molar-refractivity contribution in [3.63, 3.8) is 0 Å². The van der Waals surface area contributed by atoms with Crippen LogP contribution >= 0.6 is 23.5 Å². The van der Waals surface area contributed by atoms with Crippen molar-refractivity contribution in [1.82, 2.24) is 0 Å². The first-order chi connectivity index (χ1) is 20.9. The second kappa shape index (κ2) is 13.2. The van der Waals surface area contributed by atoms with Gasteiger partial charge >= 0.3 is 0 Å². The van der Waals surface area contributed by atoms with Crippen LogP contribution in [0.4, 0.5) is 0 Å². The Balaban J connectivity index is 1.40. The minimum absolute atomic E-state index is 0.363. The fraction of sp³-hybridized carbons (Fsp3) is 0.250. The molecule has 0 aliphatic carbocycles. The number of benzene rings is 5. The smallest absolute Gasteiger partial charge is 0.127 e. The molecule has 0 aromatic heterocycles. The summed E-state index contributed by atoms with van der Waals surface area (Å²) in [6.45, 7) is 16.9. The van der Waals surface area contributed by atoms with E-state index in [4.69, 9.17) is 0 Å². The summed E-state index contributed by atoms with van der Waals surface area (Å²) < 4.78 is 0. The maximum Gasteiger partial charge on any atom is 0.127 e. The zero-order chi connectivity index (χ0) is 31.7. The van der Waals surface area contributed by atoms with Gasteiger partial charge in [0.05, 0.1) is 0 Å². The third kappa shape index (κ3) is 6.72. The maximum absolute atomic E-state index is 11.5. The first-order valence-electron chi connectivity index (χ1n) is 15.1. The predicted octanol–water partition coefficient (Wildman–Crippen LogP) is 11.5. The summed E-state index contributed by atoms with van der Waals surface area (Å²) in [6.07, 6.45) is 0. The number of phenols is 2. The maximum atomic E-state index is 11.5. The third-order valence-corrected chi connectivity index (χ3v) is 10.5. The fourth-order valence-electron chi connectivity index (χ4n) is 6.52. The highest BCUT2D eigenvalue weighted by Crippen LogP contribution is 2.43. The molecule has 0 atom stereocenters. The summed E-state index contributed by atoms with van der Waals surface area (Å²) in [5.74, 6) is 2.05. The van der Waals surface area contributed by atoms with Gasteiger partial charge in [-0.2, -0.15) is 0 Å². The number of hydrogen-bond acceptors (Lipinski definition) is 4. The van der Waals surface area contributed by atoms with Crippen LogP contribution in [0.5, 0.6) is 11.5 Å². The molecule has 0 aliphatic heterocycles. The molecule has 5 aromatic rings. The Morgan fingerprint density at radius 3 is 1.11 bits per heavy atom. The van der Waals surface area contributed by atoms with Crippen LogP contribution in [0.3, 0.4) is 0 Å². The zero-order valence-corrected chi connectivity index (χ0v) is 28.7. The lowest BCUT2D eigenvalue weighted by molar-refractivity contribution is 0.472. The number of thioether (sulfide) groups is 2. The highest BCUT2D eigenvalue weighted by Gasteiger charge is 2.18. The van der Waals surface area contributed by atoms with Crippen molar-refractivity contribution in [2.75, 3.05) is 0 Å². The Kier molecular flexibility index (Phi) is 9.53. The van der Waals surface area contributed by atoms with Gasteiger partial charge in [0.15, 0.2) is 0 Å². The van der Waals surface area contributed by atoms with Gasteiger partial charge < -0.3 is 10.2 Å². The number of aryl methyl sites for hydroxylation is 8. The molecule has 0 heterocycles. The largest absolute Gasteiger partial charge is 0.507 e. The van der Waals surface area contributed by atoms with Crippen molar-refractivity contribution in [2.24, 2.45) is 0 Å². The Labute approximate surface area is 271 Å². The van der Waals surface area contributed by atoms with Gasteiger partial charge in [-0.3, -0.25) is 0 Å². The van der Waals surface area contributed by atoms with Crippen molar-refractivity contribution < 1.29 is 10.2 Å². The average Bonchev–Trinajstić information content (AvgIpc) is 2.94. The van der Waals surface area contributed by atoms with Crippen molar-refractivity contribution in [3.8, 4) is 33.8 Å². The topological polar surface area (TPSA) is 40.5 Å². The van der Waals surface area contributed by atoms with E-state index in [1.165, 1.54) is 43.2 Å². The molecular formula is C40H42O2S2. The van der Waals surface area contributed by atoms with Gasteiger partial charge in [0.25, 0.3) is 0 Å². The molecule has 0 unspecified atom stereocenters. The van der Waals surface area contributed by atoms with Gasteiger partial charge in [-0.25, -0.2) is 0 Å². The lowest BCUT2D eigenvalue weighted by atomic mass is 9.91. The molecule has 2 N–H and O–H groups in total. The summed E-state index contributed by atoms with van der Waals surface area (Å²) in [5.41, 5.74) is 15.4. The summed E-state index contributed by atoms with van der Waals surface area (Å²) in [4.78, 5) is 2.33. The van der Waals surface area contributed by atoms with E-state index in [1.807, 2.05) is 0 Å². The lowest BCUT2D eigenvalue weighted by Gasteiger charge is -2.17. The predicted molar refractivity (Wildman–Crippen MR) is 191 cm³/mol. The molecular weight excluding hydrogens is 577 g/mol. The second-order valence-corrected chi connectivity index (χ2v) is 14.2. The van der Waals surface area contributed by atoms with Crippen LogP contribution in [0.15, 0.2) is 82.6 Å². The van der Waals surface area contributed by atoms with Crippen LogP contribution < -0.4 is 0 Å². The second-order valence-electron chi connectivity index (χ2n) is 12.2. The summed E-state index contributed by atoms with van der Waals surface area (Å²) in [5, 5.41) is 22.9. The monoisotopic (exact) mass is 618 g/mol. The molecule has 0 spiro atoms. The van der Waals surface area contributed by atoms with Crippen molar-refractivity contribution in [3.05, 3.63) is 128 Å². The zero-order valence-electron chi connectivity index (χ0n) is 27.1. The molecule has 0 saturated heterocycles. The molecule has 0 fully saturated rings. The quantitative estimate of drug-likeness (QED) is 0.170. The van der Waals surface area contributed by atoms with Gasteiger partial charge in [0.1, 0.15) is 11.5 Å². The molecule has 0 saturated carbocycles. The molecule has 226 valence electrons. The molecule has 0 radical (unpaired) electrons. The molecule has 4 heteroatoms. The Bertz CT molecular complexity index is 1690. The molecule has 5 rings (SSSR count). The van der Waals surface area contributed by atoms with E-state index in [-0.39, 0.29) is 0 Å². The Morgan fingerprint density at radius 1 is 0.455 bits per heavy atom. The molecule has 44 heavy (non-hydrogen) atoms. The van der Waals surface area contributed by atoms with Gasteiger partial charge in [0.2, 0.25) is 0 Å². The highest BCUT2D eigenvalue weighted by molar-refractivity contribution is 8.01. The minimum atomic E-state index is 0.363. The van der Waals surface area contributed by atoms with E-state index >= 15 is 0 Å². The van der Waals surface area contributed by atoms with Gasteiger partial charge in [-0.05, 0) is 124 Å². The molecule has 0 aliphatic rings. The van der Waals surface area contributed by atoms with E-state index in [1.54, 1.807) is 23.5 Å². The highest BCUT2D eigenvalue weighted by atomic mass is 32.2. The van der Waals surface area contributed by atoms with Crippen molar-refractivity contribution in [1.29, 1.82) is 0 Å². The first-order valence-corrected chi connectivity index (χ1v) is 17.1. The first kappa shape index (κ1) is 31.8. The normalized spacial score (nSPS) is 11.3. The number of aromatic hydroxyl groups is 2. The van der Waals surface area contributed by atoms with Crippen LogP contribution in [0.25, 0.3) is 22.3 Å². The summed E-state index contributed by atoms with van der Waals surface area (Å²) >= 11 is 3.48. The summed E-state index contributed by atoms with van der Waals surface area (Å²) in [6, 6.07) is 25.6. The Hall–Kier alpha value is -3.60. The Morgan fingerprint density at radius 2 is 0.773 bits per heavy atom. The van der Waals surface area contributed by atoms with Crippen molar-refractivity contribution in [2.45, 2.75) is 76.7 Å². The van der Waals surface area contributed by atoms with Gasteiger partial charge in [-0.1, -0.05) is 59.7 Å². The third-order valence-electron chi connectivity index (χ3n) is 8.17. The van der Waals surface area contributed by atoms with Crippen LogP contribution in [0.2, 0.25) is 0 Å². The molecule has 0 amide bonds. The minimum Gasteiger partial charge on any atom is -0.507 e. The standard InChI is InChI=1S/C40H42O2S2/c1-23-13-27(5)37(28(6)14-23)33-19-25(3)17-31(39(33)41)21-43-35-11-9-10-12-36(35)44-22-32-18-26(4)20-34(40(32)42)38-29(7)15-24(2)16-30(38)8/h9-20,41-42H,21-22H2,1-8H3. The summed E-state index contributed by atoms with van der Waals surface area (Å²) in [7, 11) is 0. The lowest BCUT2D eigenvalue weighted by Crippen LogP contribution is -1.95. The molecule has 2 nitrogen and oxygen atoms in total. The van der Waals surface area contributed by atoms with Crippen LogP contribution in [-0.2, 0) is 11.5 Å². The van der Waals surface area contributed by atoms with Crippen LogP contribution in [0.1, 0.15) is 55.6 Å². The number of rotatable bonds is 8. The van der Waals surface area contributed by atoms with Crippen molar-refractivity contribution >= 4 is 23.5 Å².